The van der Waals surface area contributed by atoms with Gasteiger partial charge in [-0.2, -0.15) is 0 Å². The van der Waals surface area contributed by atoms with Gasteiger partial charge in [-0.05, 0) is 36.1 Å². The lowest BCUT2D eigenvalue weighted by atomic mass is 10.0. The molecular weight excluding hydrogens is 262 g/mol. The zero-order valence-electron chi connectivity index (χ0n) is 11.8. The molecule has 0 radical (unpaired) electrons. The lowest BCUT2D eigenvalue weighted by molar-refractivity contribution is 0.306. The zero-order valence-corrected chi connectivity index (χ0v) is 12.6. The van der Waals surface area contributed by atoms with Crippen molar-refractivity contribution in [3.8, 4) is 0 Å². The average Bonchev–Trinajstić information content (AvgIpc) is 2.71. The molecule has 104 valence electrons. The third-order valence-corrected chi connectivity index (χ3v) is 4.92. The molecular formula is C18H21NS. The minimum atomic E-state index is 1.18. The van der Waals surface area contributed by atoms with Crippen LogP contribution in [0.5, 0.6) is 0 Å². The summed E-state index contributed by atoms with van der Waals surface area (Å²) in [6, 6.07) is 19.6. The van der Waals surface area contributed by atoms with Gasteiger partial charge in [-0.15, -0.1) is 11.8 Å². The number of hydrogen-bond donors (Lipinski definition) is 0. The van der Waals surface area contributed by atoms with Crippen molar-refractivity contribution in [3.63, 3.8) is 0 Å². The first kappa shape index (κ1) is 13.7. The number of nitrogens with zero attached hydrogens (tertiary/aromatic N) is 1. The highest BCUT2D eigenvalue weighted by molar-refractivity contribution is 7.99. The first-order chi connectivity index (χ1) is 9.92. The first-order valence-corrected chi connectivity index (χ1v) is 8.37. The lowest BCUT2D eigenvalue weighted by Gasteiger charge is -2.19. The van der Waals surface area contributed by atoms with Gasteiger partial charge in [0, 0.05) is 30.3 Å². The van der Waals surface area contributed by atoms with Gasteiger partial charge in [0.2, 0.25) is 0 Å². The highest BCUT2D eigenvalue weighted by Gasteiger charge is 2.12. The van der Waals surface area contributed by atoms with Crippen molar-refractivity contribution in [2.75, 3.05) is 25.4 Å². The lowest BCUT2D eigenvalue weighted by Crippen LogP contribution is -2.28. The van der Waals surface area contributed by atoms with E-state index in [0.29, 0.717) is 0 Å². The van der Waals surface area contributed by atoms with Crippen molar-refractivity contribution in [2.24, 2.45) is 0 Å². The van der Waals surface area contributed by atoms with Crippen LogP contribution in [-0.2, 0) is 12.8 Å². The Morgan fingerprint density at radius 1 is 0.800 bits per heavy atom. The Kier molecular flexibility index (Phi) is 4.77. The largest absolute Gasteiger partial charge is 0.302 e. The van der Waals surface area contributed by atoms with Crippen LogP contribution in [0.4, 0.5) is 0 Å². The van der Waals surface area contributed by atoms with Crippen molar-refractivity contribution in [1.29, 1.82) is 0 Å². The van der Waals surface area contributed by atoms with Crippen LogP contribution in [0.1, 0.15) is 11.1 Å². The van der Waals surface area contributed by atoms with Crippen LogP contribution in [0.2, 0.25) is 0 Å². The molecule has 0 amide bonds. The Hall–Kier alpha value is -1.25. The fourth-order valence-electron chi connectivity index (χ4n) is 2.75. The minimum absolute atomic E-state index is 1.18. The van der Waals surface area contributed by atoms with Crippen LogP contribution in [0.3, 0.4) is 0 Å². The Morgan fingerprint density at radius 2 is 1.40 bits per heavy atom. The third-order valence-electron chi connectivity index (χ3n) is 3.93. The van der Waals surface area contributed by atoms with Gasteiger partial charge >= 0.3 is 0 Å². The quantitative estimate of drug-likeness (QED) is 0.783. The summed E-state index contributed by atoms with van der Waals surface area (Å²) in [6.45, 7) is 3.59. The smallest absolute Gasteiger partial charge is 0.0108 e. The summed E-state index contributed by atoms with van der Waals surface area (Å²) < 4.78 is 0. The predicted molar refractivity (Wildman–Crippen MR) is 87.5 cm³/mol. The number of hydrogen-bond acceptors (Lipinski definition) is 2. The maximum atomic E-state index is 2.61. The number of rotatable bonds is 4. The van der Waals surface area contributed by atoms with Gasteiger partial charge in [-0.1, -0.05) is 42.5 Å². The van der Waals surface area contributed by atoms with E-state index >= 15 is 0 Å². The standard InChI is InChI=1S/C18H21NS/c1-2-8-18(9-3-1)20-15-14-19-12-10-16-6-4-5-7-17(16)11-13-19/h1-9H,10-15H2. The van der Waals surface area contributed by atoms with Crippen LogP contribution in [0, 0.1) is 0 Å². The second-order valence-electron chi connectivity index (χ2n) is 5.27. The second-order valence-corrected chi connectivity index (χ2v) is 6.44. The third kappa shape index (κ3) is 3.65. The van der Waals surface area contributed by atoms with Crippen LogP contribution in [-0.4, -0.2) is 30.3 Å². The van der Waals surface area contributed by atoms with Gasteiger partial charge in [-0.25, -0.2) is 0 Å². The molecule has 1 nitrogen and oxygen atoms in total. The average molecular weight is 283 g/mol. The van der Waals surface area contributed by atoms with E-state index in [9.17, 15) is 0 Å². The first-order valence-electron chi connectivity index (χ1n) is 7.39. The van der Waals surface area contributed by atoms with E-state index in [4.69, 9.17) is 0 Å². The molecule has 0 spiro atoms. The molecule has 20 heavy (non-hydrogen) atoms. The Balaban J connectivity index is 1.48. The van der Waals surface area contributed by atoms with Crippen molar-refractivity contribution in [3.05, 3.63) is 65.7 Å². The number of benzene rings is 2. The summed E-state index contributed by atoms with van der Waals surface area (Å²) in [6.07, 6.45) is 2.40. The van der Waals surface area contributed by atoms with E-state index in [1.807, 2.05) is 11.8 Å². The van der Waals surface area contributed by atoms with E-state index in [0.717, 1.165) is 0 Å². The summed E-state index contributed by atoms with van der Waals surface area (Å²) in [5, 5.41) is 0. The van der Waals surface area contributed by atoms with Gasteiger partial charge in [0.15, 0.2) is 0 Å². The van der Waals surface area contributed by atoms with Crippen molar-refractivity contribution in [1.82, 2.24) is 4.90 Å². The highest BCUT2D eigenvalue weighted by Crippen LogP contribution is 2.19. The summed E-state index contributed by atoms with van der Waals surface area (Å²) in [7, 11) is 0. The number of fused-ring (bicyclic) bond motifs is 1. The summed E-state index contributed by atoms with van der Waals surface area (Å²) in [5.41, 5.74) is 3.09. The molecule has 1 aliphatic heterocycles. The van der Waals surface area contributed by atoms with Gasteiger partial charge in [-0.3, -0.25) is 0 Å². The molecule has 0 aromatic heterocycles. The topological polar surface area (TPSA) is 3.24 Å². The van der Waals surface area contributed by atoms with Gasteiger partial charge < -0.3 is 4.90 Å². The molecule has 0 aliphatic carbocycles. The van der Waals surface area contributed by atoms with E-state index in [-0.39, 0.29) is 0 Å². The maximum absolute atomic E-state index is 2.61. The van der Waals surface area contributed by atoms with E-state index in [1.54, 1.807) is 11.1 Å². The molecule has 0 fully saturated rings. The molecule has 2 aromatic carbocycles. The number of thioether (sulfide) groups is 1. The summed E-state index contributed by atoms with van der Waals surface area (Å²) >= 11 is 1.96. The summed E-state index contributed by atoms with van der Waals surface area (Å²) in [4.78, 5) is 3.99. The van der Waals surface area contributed by atoms with Crippen LogP contribution in [0.15, 0.2) is 59.5 Å². The fraction of sp³-hybridized carbons (Fsp3) is 0.333. The van der Waals surface area contributed by atoms with E-state index < -0.39 is 0 Å². The monoisotopic (exact) mass is 283 g/mol. The second kappa shape index (κ2) is 6.96. The molecule has 0 bridgehead atoms. The van der Waals surface area contributed by atoms with Crippen molar-refractivity contribution < 1.29 is 0 Å². The van der Waals surface area contributed by atoms with E-state index in [1.165, 1.54) is 43.1 Å². The predicted octanol–water partition coefficient (Wildman–Crippen LogP) is 3.88. The van der Waals surface area contributed by atoms with Crippen molar-refractivity contribution in [2.45, 2.75) is 17.7 Å². The Labute approximate surface area is 126 Å². The zero-order chi connectivity index (χ0) is 13.6. The molecule has 2 heteroatoms. The van der Waals surface area contributed by atoms with E-state index in [2.05, 4.69) is 59.5 Å². The molecule has 2 aromatic rings. The fourth-order valence-corrected chi connectivity index (χ4v) is 3.68. The molecule has 0 saturated carbocycles. The maximum Gasteiger partial charge on any atom is 0.0108 e. The van der Waals surface area contributed by atoms with Crippen LogP contribution in [0.25, 0.3) is 0 Å². The SMILES string of the molecule is c1ccc(SCCN2CCc3ccccc3CC2)cc1. The Bertz CT molecular complexity index is 511. The Morgan fingerprint density at radius 3 is 2.05 bits per heavy atom. The molecule has 0 saturated heterocycles. The molecule has 1 heterocycles. The van der Waals surface area contributed by atoms with Crippen LogP contribution >= 0.6 is 11.8 Å². The van der Waals surface area contributed by atoms with Gasteiger partial charge in [0.25, 0.3) is 0 Å². The van der Waals surface area contributed by atoms with Gasteiger partial charge in [0.1, 0.15) is 0 Å². The molecule has 0 unspecified atom stereocenters. The highest BCUT2D eigenvalue weighted by atomic mass is 32.2. The normalized spacial score (nSPS) is 15.6. The molecule has 0 N–H and O–H groups in total. The minimum Gasteiger partial charge on any atom is -0.302 e. The van der Waals surface area contributed by atoms with Gasteiger partial charge in [0.05, 0.1) is 0 Å². The van der Waals surface area contributed by atoms with Crippen molar-refractivity contribution >= 4 is 11.8 Å². The summed E-state index contributed by atoms with van der Waals surface area (Å²) in [5.74, 6) is 1.18. The molecule has 1 aliphatic rings. The molecule has 3 rings (SSSR count). The van der Waals surface area contributed by atoms with Crippen LogP contribution < -0.4 is 0 Å². The molecule has 0 atom stereocenters.